The molecule has 2 aliphatic rings. The number of likely N-dealkylation sites (tertiary alicyclic amines) is 1. The maximum absolute atomic E-state index is 12.9. The molecule has 0 N–H and O–H groups in total. The first-order valence-electron chi connectivity index (χ1n) is 10.0. The minimum absolute atomic E-state index is 0.130. The van der Waals surface area contributed by atoms with Crippen molar-refractivity contribution in [3.8, 4) is 5.75 Å². The van der Waals surface area contributed by atoms with E-state index >= 15 is 0 Å². The lowest BCUT2D eigenvalue weighted by Gasteiger charge is -2.26. The summed E-state index contributed by atoms with van der Waals surface area (Å²) < 4.78 is 37.9. The highest BCUT2D eigenvalue weighted by atomic mass is 32.2. The van der Waals surface area contributed by atoms with Gasteiger partial charge in [0.25, 0.3) is 0 Å². The van der Waals surface area contributed by atoms with Gasteiger partial charge >= 0.3 is 0 Å². The van der Waals surface area contributed by atoms with Crippen molar-refractivity contribution in [3.63, 3.8) is 0 Å². The second-order valence-corrected chi connectivity index (χ2v) is 9.22. The van der Waals surface area contributed by atoms with Crippen molar-refractivity contribution < 1.29 is 22.7 Å². The Morgan fingerprint density at radius 2 is 1.75 bits per heavy atom. The van der Waals surface area contributed by atoms with Crippen LogP contribution in [0.2, 0.25) is 0 Å². The highest BCUT2D eigenvalue weighted by Gasteiger charge is 2.27. The van der Waals surface area contributed by atoms with E-state index in [2.05, 4.69) is 0 Å². The van der Waals surface area contributed by atoms with Gasteiger partial charge < -0.3 is 14.4 Å². The van der Waals surface area contributed by atoms with Crippen LogP contribution in [0.5, 0.6) is 5.75 Å². The maximum Gasteiger partial charge on any atom is 0.243 e. The van der Waals surface area contributed by atoms with E-state index in [9.17, 15) is 13.2 Å². The van der Waals surface area contributed by atoms with Gasteiger partial charge in [-0.2, -0.15) is 4.31 Å². The van der Waals surface area contributed by atoms with Gasteiger partial charge in [-0.1, -0.05) is 12.8 Å². The number of nitrogens with zero attached hydrogens (tertiary/aromatic N) is 2. The van der Waals surface area contributed by atoms with Gasteiger partial charge in [0.05, 0.1) is 25.2 Å². The van der Waals surface area contributed by atoms with E-state index in [-0.39, 0.29) is 10.8 Å². The second-order valence-electron chi connectivity index (χ2n) is 7.29. The smallest absolute Gasteiger partial charge is 0.243 e. The van der Waals surface area contributed by atoms with E-state index in [0.717, 1.165) is 31.5 Å². The molecule has 1 aromatic carbocycles. The zero-order chi connectivity index (χ0) is 20.0. The highest BCUT2D eigenvalue weighted by Crippen LogP contribution is 2.26. The maximum atomic E-state index is 12.9. The van der Waals surface area contributed by atoms with E-state index < -0.39 is 10.0 Å². The average Bonchev–Trinajstić information content (AvgIpc) is 3.02. The molecule has 7 nitrogen and oxygen atoms in total. The molecule has 0 spiro atoms. The van der Waals surface area contributed by atoms with Crippen molar-refractivity contribution >= 4 is 15.9 Å². The first-order valence-corrected chi connectivity index (χ1v) is 11.5. The molecule has 2 aliphatic heterocycles. The summed E-state index contributed by atoms with van der Waals surface area (Å²) in [7, 11) is -2.01. The lowest BCUT2D eigenvalue weighted by molar-refractivity contribution is -0.131. The molecule has 2 fully saturated rings. The van der Waals surface area contributed by atoms with Crippen LogP contribution in [-0.2, 0) is 26.0 Å². The van der Waals surface area contributed by atoms with E-state index in [1.54, 1.807) is 25.3 Å². The molecule has 0 unspecified atom stereocenters. The zero-order valence-corrected chi connectivity index (χ0v) is 17.4. The van der Waals surface area contributed by atoms with Crippen molar-refractivity contribution in [1.29, 1.82) is 0 Å². The average molecular weight is 411 g/mol. The van der Waals surface area contributed by atoms with Crippen LogP contribution in [0.1, 0.15) is 37.7 Å². The van der Waals surface area contributed by atoms with Gasteiger partial charge in [0.1, 0.15) is 5.75 Å². The monoisotopic (exact) mass is 410 g/mol. The predicted octanol–water partition coefficient (Wildman–Crippen LogP) is 2.05. The Bertz CT molecular complexity index is 767. The molecule has 2 heterocycles. The molecule has 0 aliphatic carbocycles. The van der Waals surface area contributed by atoms with E-state index in [1.807, 2.05) is 4.90 Å². The van der Waals surface area contributed by atoms with Gasteiger partial charge in [-0.15, -0.1) is 0 Å². The van der Waals surface area contributed by atoms with Crippen molar-refractivity contribution in [2.45, 2.75) is 43.4 Å². The van der Waals surface area contributed by atoms with Gasteiger partial charge in [-0.25, -0.2) is 8.42 Å². The molecule has 0 radical (unpaired) electrons. The Morgan fingerprint density at radius 3 is 2.39 bits per heavy atom. The fourth-order valence-corrected chi connectivity index (χ4v) is 5.23. The number of rotatable bonds is 6. The number of morpholine rings is 1. The van der Waals surface area contributed by atoms with Crippen molar-refractivity contribution in [2.75, 3.05) is 46.5 Å². The van der Waals surface area contributed by atoms with Crippen molar-refractivity contribution in [1.82, 2.24) is 9.21 Å². The normalized spacial score (nSPS) is 19.2. The summed E-state index contributed by atoms with van der Waals surface area (Å²) in [6.07, 6.45) is 5.30. The molecule has 0 aromatic heterocycles. The van der Waals surface area contributed by atoms with Crippen LogP contribution in [0.3, 0.4) is 0 Å². The van der Waals surface area contributed by atoms with Crippen LogP contribution in [-0.4, -0.2) is 70.0 Å². The largest absolute Gasteiger partial charge is 0.496 e. The van der Waals surface area contributed by atoms with Crippen LogP contribution >= 0.6 is 0 Å². The van der Waals surface area contributed by atoms with Crippen LogP contribution in [0.25, 0.3) is 0 Å². The number of ether oxygens (including phenoxy) is 2. The summed E-state index contributed by atoms with van der Waals surface area (Å²) in [5, 5.41) is 0. The Kier molecular flexibility index (Phi) is 7.31. The number of carbonyl (C=O) groups excluding carboxylic acids is 1. The number of hydrogen-bond acceptors (Lipinski definition) is 5. The lowest BCUT2D eigenvalue weighted by Crippen LogP contribution is -2.40. The van der Waals surface area contributed by atoms with Crippen molar-refractivity contribution in [3.05, 3.63) is 23.8 Å². The van der Waals surface area contributed by atoms with Gasteiger partial charge in [0.15, 0.2) is 0 Å². The molecule has 156 valence electrons. The molecule has 1 aromatic rings. The fraction of sp³-hybridized carbons (Fsp3) is 0.650. The number of carbonyl (C=O) groups is 1. The topological polar surface area (TPSA) is 76.1 Å². The van der Waals surface area contributed by atoms with Gasteiger partial charge in [0.2, 0.25) is 15.9 Å². The van der Waals surface area contributed by atoms with Crippen LogP contribution in [0.4, 0.5) is 0 Å². The molecule has 0 bridgehead atoms. The number of hydrogen-bond donors (Lipinski definition) is 0. The van der Waals surface area contributed by atoms with Gasteiger partial charge in [-0.3, -0.25) is 4.79 Å². The number of aryl methyl sites for hydroxylation is 1. The molecular weight excluding hydrogens is 380 g/mol. The molecular formula is C20H30N2O5S. The third-order valence-electron chi connectivity index (χ3n) is 5.43. The quantitative estimate of drug-likeness (QED) is 0.717. The van der Waals surface area contributed by atoms with Crippen LogP contribution in [0, 0.1) is 0 Å². The molecule has 2 saturated heterocycles. The van der Waals surface area contributed by atoms with E-state index in [0.29, 0.717) is 44.9 Å². The molecule has 28 heavy (non-hydrogen) atoms. The SMILES string of the molecule is COc1ccc(S(=O)(=O)N2CCOCC2)cc1CCC(=O)N1CCCCCC1. The third kappa shape index (κ3) is 5.04. The molecule has 0 atom stereocenters. The Morgan fingerprint density at radius 1 is 1.07 bits per heavy atom. The highest BCUT2D eigenvalue weighted by molar-refractivity contribution is 7.89. The summed E-state index contributed by atoms with van der Waals surface area (Å²) in [4.78, 5) is 14.8. The van der Waals surface area contributed by atoms with E-state index in [1.165, 1.54) is 17.1 Å². The summed E-state index contributed by atoms with van der Waals surface area (Å²) in [6, 6.07) is 4.90. The first-order chi connectivity index (χ1) is 13.5. The number of benzene rings is 1. The number of sulfonamides is 1. The number of amides is 1. The summed E-state index contributed by atoms with van der Waals surface area (Å²) in [5.74, 6) is 0.745. The number of methoxy groups -OCH3 is 1. The lowest BCUT2D eigenvalue weighted by atomic mass is 10.1. The van der Waals surface area contributed by atoms with Crippen LogP contribution in [0.15, 0.2) is 23.1 Å². The Balaban J connectivity index is 1.72. The standard InChI is InChI=1S/C20H30N2O5S/c1-26-19-8-7-18(28(24,25)22-12-14-27-15-13-22)16-17(19)6-9-20(23)21-10-4-2-3-5-11-21/h7-8,16H,2-6,9-15H2,1H3. The fourth-order valence-electron chi connectivity index (χ4n) is 3.77. The first kappa shape index (κ1) is 21.1. The van der Waals surface area contributed by atoms with Gasteiger partial charge in [0, 0.05) is 32.6 Å². The summed E-state index contributed by atoms with van der Waals surface area (Å²) in [5.41, 5.74) is 0.750. The zero-order valence-electron chi connectivity index (χ0n) is 16.6. The minimum Gasteiger partial charge on any atom is -0.496 e. The third-order valence-corrected chi connectivity index (χ3v) is 7.32. The molecule has 3 rings (SSSR count). The predicted molar refractivity (Wildman–Crippen MR) is 106 cm³/mol. The molecule has 0 saturated carbocycles. The molecule has 1 amide bonds. The van der Waals surface area contributed by atoms with Crippen molar-refractivity contribution in [2.24, 2.45) is 0 Å². The van der Waals surface area contributed by atoms with E-state index in [4.69, 9.17) is 9.47 Å². The summed E-state index contributed by atoms with van der Waals surface area (Å²) in [6.45, 7) is 3.18. The Labute approximate surface area is 167 Å². The van der Waals surface area contributed by atoms with Gasteiger partial charge in [-0.05, 0) is 43.0 Å². The Hall–Kier alpha value is -1.64. The van der Waals surface area contributed by atoms with Crippen LogP contribution < -0.4 is 4.74 Å². The minimum atomic E-state index is -3.57. The molecule has 8 heteroatoms. The second kappa shape index (κ2) is 9.71. The summed E-state index contributed by atoms with van der Waals surface area (Å²) >= 11 is 0.